The van der Waals surface area contributed by atoms with Gasteiger partial charge in [-0.25, -0.2) is 0 Å². The van der Waals surface area contributed by atoms with E-state index < -0.39 is 6.10 Å². The van der Waals surface area contributed by atoms with Crippen molar-refractivity contribution in [3.63, 3.8) is 0 Å². The Morgan fingerprint density at radius 1 is 1.12 bits per heavy atom. The van der Waals surface area contributed by atoms with Crippen LogP contribution < -0.4 is 14.8 Å². The van der Waals surface area contributed by atoms with Gasteiger partial charge in [-0.1, -0.05) is 35.9 Å². The van der Waals surface area contributed by atoms with Gasteiger partial charge in [0.05, 0.1) is 12.7 Å². The molecule has 0 bridgehead atoms. The smallest absolute Gasteiger partial charge is 0.166 e. The standard InChI is InChI=1S/C19H24ClNO3/c1-3-23-18-6-4-5-16(12-21-11-14(2)22)19(18)24-13-15-7-9-17(20)10-8-15/h4-10,14,21-22H,3,11-13H2,1-2H3/t14-/m0/s1. The number of hydrogen-bond acceptors (Lipinski definition) is 4. The van der Waals surface area contributed by atoms with Crippen molar-refractivity contribution in [2.45, 2.75) is 33.1 Å². The maximum Gasteiger partial charge on any atom is 0.166 e. The fourth-order valence-corrected chi connectivity index (χ4v) is 2.41. The lowest BCUT2D eigenvalue weighted by atomic mass is 10.1. The van der Waals surface area contributed by atoms with Crippen LogP contribution in [-0.2, 0) is 13.2 Å². The highest BCUT2D eigenvalue weighted by molar-refractivity contribution is 6.30. The van der Waals surface area contributed by atoms with Crippen molar-refractivity contribution in [3.05, 3.63) is 58.6 Å². The van der Waals surface area contributed by atoms with Crippen LogP contribution in [0.4, 0.5) is 0 Å². The third-order valence-electron chi connectivity index (χ3n) is 3.41. The first kappa shape index (κ1) is 18.6. The van der Waals surface area contributed by atoms with E-state index in [1.54, 1.807) is 6.92 Å². The lowest BCUT2D eigenvalue weighted by Crippen LogP contribution is -2.24. The van der Waals surface area contributed by atoms with Crippen LogP contribution >= 0.6 is 11.6 Å². The number of halogens is 1. The highest BCUT2D eigenvalue weighted by atomic mass is 35.5. The predicted octanol–water partition coefficient (Wildman–Crippen LogP) is 3.79. The molecule has 2 rings (SSSR count). The van der Waals surface area contributed by atoms with Crippen LogP contribution in [0.5, 0.6) is 11.5 Å². The molecule has 4 nitrogen and oxygen atoms in total. The van der Waals surface area contributed by atoms with Crippen LogP contribution in [0.25, 0.3) is 0 Å². The number of ether oxygens (including phenoxy) is 2. The van der Waals surface area contributed by atoms with E-state index in [1.807, 2.05) is 49.4 Å². The highest BCUT2D eigenvalue weighted by Crippen LogP contribution is 2.32. The van der Waals surface area contributed by atoms with E-state index in [2.05, 4.69) is 5.32 Å². The van der Waals surface area contributed by atoms with E-state index in [0.717, 1.165) is 22.6 Å². The molecule has 0 saturated carbocycles. The summed E-state index contributed by atoms with van der Waals surface area (Å²) < 4.78 is 11.7. The molecule has 0 fully saturated rings. The molecule has 0 radical (unpaired) electrons. The van der Waals surface area contributed by atoms with Gasteiger partial charge in [0.25, 0.3) is 0 Å². The van der Waals surface area contributed by atoms with Crippen LogP contribution in [0.15, 0.2) is 42.5 Å². The van der Waals surface area contributed by atoms with Crippen molar-refractivity contribution in [2.75, 3.05) is 13.2 Å². The molecule has 0 aliphatic carbocycles. The van der Waals surface area contributed by atoms with Gasteiger partial charge in [0, 0.05) is 23.7 Å². The van der Waals surface area contributed by atoms with Gasteiger partial charge >= 0.3 is 0 Å². The molecule has 24 heavy (non-hydrogen) atoms. The van der Waals surface area contributed by atoms with Gasteiger partial charge in [0.1, 0.15) is 6.61 Å². The number of nitrogens with one attached hydrogen (secondary N) is 1. The first-order chi connectivity index (χ1) is 11.6. The van der Waals surface area contributed by atoms with E-state index in [9.17, 15) is 5.11 Å². The van der Waals surface area contributed by atoms with E-state index >= 15 is 0 Å². The van der Waals surface area contributed by atoms with Gasteiger partial charge in [0.15, 0.2) is 11.5 Å². The SMILES string of the molecule is CCOc1cccc(CNC[C@H](C)O)c1OCc1ccc(Cl)cc1. The Morgan fingerprint density at radius 3 is 2.54 bits per heavy atom. The zero-order chi connectivity index (χ0) is 17.4. The fourth-order valence-electron chi connectivity index (χ4n) is 2.29. The second kappa shape index (κ2) is 9.52. The molecule has 0 aliphatic rings. The first-order valence-electron chi connectivity index (χ1n) is 8.11. The van der Waals surface area contributed by atoms with Crippen LogP contribution in [0, 0.1) is 0 Å². The second-order valence-electron chi connectivity index (χ2n) is 5.57. The second-order valence-corrected chi connectivity index (χ2v) is 6.01. The molecule has 2 aromatic rings. The average molecular weight is 350 g/mol. The Labute approximate surface area is 148 Å². The van der Waals surface area contributed by atoms with E-state index in [1.165, 1.54) is 0 Å². The lowest BCUT2D eigenvalue weighted by molar-refractivity contribution is 0.190. The van der Waals surface area contributed by atoms with Gasteiger partial charge in [-0.15, -0.1) is 0 Å². The number of aliphatic hydroxyl groups is 1. The largest absolute Gasteiger partial charge is 0.490 e. The fraction of sp³-hybridized carbons (Fsp3) is 0.368. The molecule has 5 heteroatoms. The summed E-state index contributed by atoms with van der Waals surface area (Å²) in [6.07, 6.45) is -0.390. The molecule has 2 N–H and O–H groups in total. The summed E-state index contributed by atoms with van der Waals surface area (Å²) in [5, 5.41) is 13.3. The van der Waals surface area contributed by atoms with E-state index in [0.29, 0.717) is 31.3 Å². The van der Waals surface area contributed by atoms with Gasteiger partial charge in [0.2, 0.25) is 0 Å². The van der Waals surface area contributed by atoms with Crippen molar-refractivity contribution in [1.29, 1.82) is 0 Å². The van der Waals surface area contributed by atoms with Gasteiger partial charge in [-0.2, -0.15) is 0 Å². The first-order valence-corrected chi connectivity index (χ1v) is 8.48. The zero-order valence-electron chi connectivity index (χ0n) is 14.1. The third-order valence-corrected chi connectivity index (χ3v) is 3.66. The predicted molar refractivity (Wildman–Crippen MR) is 96.8 cm³/mol. The molecule has 0 spiro atoms. The zero-order valence-corrected chi connectivity index (χ0v) is 14.8. The summed E-state index contributed by atoms with van der Waals surface area (Å²) in [7, 11) is 0. The molecule has 0 amide bonds. The summed E-state index contributed by atoms with van der Waals surface area (Å²) in [5.74, 6) is 1.45. The Kier molecular flexibility index (Phi) is 7.37. The van der Waals surface area contributed by atoms with Crippen molar-refractivity contribution in [1.82, 2.24) is 5.32 Å². The normalized spacial score (nSPS) is 12.0. The summed E-state index contributed by atoms with van der Waals surface area (Å²) in [6, 6.07) is 13.4. The van der Waals surface area contributed by atoms with Crippen molar-refractivity contribution < 1.29 is 14.6 Å². The maximum atomic E-state index is 9.38. The molecular formula is C19H24ClNO3. The maximum absolute atomic E-state index is 9.38. The minimum absolute atomic E-state index is 0.390. The molecule has 0 heterocycles. The number of benzene rings is 2. The molecule has 0 aromatic heterocycles. The van der Waals surface area contributed by atoms with Gasteiger partial charge in [-0.3, -0.25) is 0 Å². The van der Waals surface area contributed by atoms with Crippen LogP contribution in [0.3, 0.4) is 0 Å². The minimum atomic E-state index is -0.390. The molecular weight excluding hydrogens is 326 g/mol. The summed E-state index contributed by atoms with van der Waals surface area (Å²) in [6.45, 7) is 5.83. The molecule has 0 saturated heterocycles. The summed E-state index contributed by atoms with van der Waals surface area (Å²) in [4.78, 5) is 0. The molecule has 0 aliphatic heterocycles. The topological polar surface area (TPSA) is 50.7 Å². The molecule has 130 valence electrons. The molecule has 2 aromatic carbocycles. The van der Waals surface area contributed by atoms with Crippen molar-refractivity contribution in [2.24, 2.45) is 0 Å². The molecule has 1 atom stereocenters. The Morgan fingerprint density at radius 2 is 1.88 bits per heavy atom. The Bertz CT molecular complexity index is 629. The molecule has 0 unspecified atom stereocenters. The van der Waals surface area contributed by atoms with E-state index in [-0.39, 0.29) is 0 Å². The lowest BCUT2D eigenvalue weighted by Gasteiger charge is -2.17. The number of rotatable bonds is 9. The van der Waals surface area contributed by atoms with E-state index in [4.69, 9.17) is 21.1 Å². The van der Waals surface area contributed by atoms with Crippen LogP contribution in [-0.4, -0.2) is 24.4 Å². The van der Waals surface area contributed by atoms with Gasteiger partial charge < -0.3 is 19.9 Å². The number of aliphatic hydroxyl groups excluding tert-OH is 1. The summed E-state index contributed by atoms with van der Waals surface area (Å²) >= 11 is 5.91. The quantitative estimate of drug-likeness (QED) is 0.723. The van der Waals surface area contributed by atoms with Crippen molar-refractivity contribution in [3.8, 4) is 11.5 Å². The average Bonchev–Trinajstić information content (AvgIpc) is 2.55. The number of hydrogen-bond donors (Lipinski definition) is 2. The minimum Gasteiger partial charge on any atom is -0.490 e. The third kappa shape index (κ3) is 5.71. The number of para-hydroxylation sites is 1. The van der Waals surface area contributed by atoms with Gasteiger partial charge in [-0.05, 0) is 37.6 Å². The monoisotopic (exact) mass is 349 g/mol. The van der Waals surface area contributed by atoms with Crippen LogP contribution in [0.2, 0.25) is 5.02 Å². The Hall–Kier alpha value is -1.75. The van der Waals surface area contributed by atoms with Crippen LogP contribution in [0.1, 0.15) is 25.0 Å². The Balaban J connectivity index is 2.12. The summed E-state index contributed by atoms with van der Waals surface area (Å²) in [5.41, 5.74) is 2.03. The van der Waals surface area contributed by atoms with Crippen molar-refractivity contribution >= 4 is 11.6 Å². The highest BCUT2D eigenvalue weighted by Gasteiger charge is 2.11.